The first kappa shape index (κ1) is 16.2. The van der Waals surface area contributed by atoms with Crippen molar-refractivity contribution in [1.29, 1.82) is 0 Å². The zero-order valence-corrected chi connectivity index (χ0v) is 15.3. The highest BCUT2D eigenvalue weighted by Crippen LogP contribution is 2.40. The quantitative estimate of drug-likeness (QED) is 0.700. The molecule has 6 nitrogen and oxygen atoms in total. The summed E-state index contributed by atoms with van der Waals surface area (Å²) in [6.07, 6.45) is 0.828. The number of aromatic nitrogens is 1. The lowest BCUT2D eigenvalue weighted by atomic mass is 10.0. The van der Waals surface area contributed by atoms with Crippen molar-refractivity contribution in [2.45, 2.75) is 13.0 Å². The molecule has 0 N–H and O–H groups in total. The van der Waals surface area contributed by atoms with E-state index in [4.69, 9.17) is 14.2 Å². The van der Waals surface area contributed by atoms with E-state index >= 15 is 0 Å². The van der Waals surface area contributed by atoms with Gasteiger partial charge in [0.25, 0.3) is 5.91 Å². The Kier molecular flexibility index (Phi) is 3.62. The fraction of sp³-hybridized carbons (Fsp3) is 0.286. The number of ether oxygens (including phenoxy) is 3. The second-order valence-corrected chi connectivity index (χ2v) is 7.00. The maximum Gasteiger partial charge on any atom is 0.262 e. The van der Waals surface area contributed by atoms with Crippen molar-refractivity contribution in [1.82, 2.24) is 9.47 Å². The standard InChI is InChI=1S/C21H20N2O4/c1-22-8-7-17-16(11-22)15-9-19-20(27-12-26-19)10-18(15)23(17)21(24)13-3-5-14(25-2)6-4-13/h3-6,9-10H,7-8,11-12H2,1-2H3. The molecule has 0 bridgehead atoms. The Hall–Kier alpha value is -2.99. The number of hydrogen-bond acceptors (Lipinski definition) is 5. The number of hydrogen-bond donors (Lipinski definition) is 0. The molecule has 5 rings (SSSR count). The van der Waals surface area contributed by atoms with Gasteiger partial charge in [-0.25, -0.2) is 0 Å². The Morgan fingerprint density at radius 2 is 1.85 bits per heavy atom. The van der Waals surface area contributed by atoms with Crippen molar-refractivity contribution in [3.63, 3.8) is 0 Å². The molecule has 2 aliphatic heterocycles. The predicted octanol–water partition coefficient (Wildman–Crippen LogP) is 3.06. The van der Waals surface area contributed by atoms with Crippen LogP contribution in [0.2, 0.25) is 0 Å². The Morgan fingerprint density at radius 3 is 2.59 bits per heavy atom. The first-order valence-corrected chi connectivity index (χ1v) is 8.99. The van der Waals surface area contributed by atoms with Crippen LogP contribution in [-0.4, -0.2) is 42.9 Å². The van der Waals surface area contributed by atoms with Gasteiger partial charge >= 0.3 is 0 Å². The SMILES string of the molecule is COc1ccc(C(=O)n2c3c(c4cc5c(cc42)OCO5)CN(C)CC3)cc1. The minimum Gasteiger partial charge on any atom is -0.497 e. The summed E-state index contributed by atoms with van der Waals surface area (Å²) >= 11 is 0. The summed E-state index contributed by atoms with van der Waals surface area (Å²) in [5.41, 5.74) is 3.78. The monoisotopic (exact) mass is 364 g/mol. The lowest BCUT2D eigenvalue weighted by Gasteiger charge is -2.23. The number of nitrogens with zero attached hydrogens (tertiary/aromatic N) is 2. The summed E-state index contributed by atoms with van der Waals surface area (Å²) in [6, 6.07) is 11.2. The second kappa shape index (κ2) is 6.03. The van der Waals surface area contributed by atoms with Crippen LogP contribution in [-0.2, 0) is 13.0 Å². The Morgan fingerprint density at radius 1 is 1.11 bits per heavy atom. The molecule has 0 radical (unpaired) electrons. The first-order valence-electron chi connectivity index (χ1n) is 8.99. The molecule has 0 amide bonds. The van der Waals surface area contributed by atoms with Crippen LogP contribution in [0, 0.1) is 0 Å². The zero-order chi connectivity index (χ0) is 18.5. The molecule has 2 aliphatic rings. The van der Waals surface area contributed by atoms with E-state index in [1.165, 1.54) is 5.56 Å². The molecule has 1 aromatic heterocycles. The molecular weight excluding hydrogens is 344 g/mol. The lowest BCUT2D eigenvalue weighted by Crippen LogP contribution is -2.28. The van der Waals surface area contributed by atoms with Crippen molar-refractivity contribution >= 4 is 16.8 Å². The van der Waals surface area contributed by atoms with E-state index in [0.717, 1.165) is 47.6 Å². The Labute approximate surface area is 156 Å². The van der Waals surface area contributed by atoms with Gasteiger partial charge in [0.2, 0.25) is 6.79 Å². The summed E-state index contributed by atoms with van der Waals surface area (Å²) in [5.74, 6) is 2.13. The van der Waals surface area contributed by atoms with Gasteiger partial charge in [-0.3, -0.25) is 9.36 Å². The summed E-state index contributed by atoms with van der Waals surface area (Å²) in [5, 5.41) is 1.06. The van der Waals surface area contributed by atoms with E-state index in [9.17, 15) is 4.79 Å². The normalized spacial score (nSPS) is 15.8. The molecule has 0 unspecified atom stereocenters. The predicted molar refractivity (Wildman–Crippen MR) is 101 cm³/mol. The van der Waals surface area contributed by atoms with Gasteiger partial charge in [0.15, 0.2) is 11.5 Å². The molecule has 0 fully saturated rings. The smallest absolute Gasteiger partial charge is 0.262 e. The van der Waals surface area contributed by atoms with Crippen molar-refractivity contribution in [2.24, 2.45) is 0 Å². The average Bonchev–Trinajstić information content (AvgIpc) is 3.27. The van der Waals surface area contributed by atoms with Crippen LogP contribution in [0.1, 0.15) is 21.6 Å². The van der Waals surface area contributed by atoms with Gasteiger partial charge < -0.3 is 19.1 Å². The number of rotatable bonds is 2. The van der Waals surface area contributed by atoms with E-state index in [2.05, 4.69) is 11.9 Å². The molecule has 3 aromatic rings. The fourth-order valence-electron chi connectivity index (χ4n) is 3.97. The molecule has 0 saturated carbocycles. The topological polar surface area (TPSA) is 52.9 Å². The van der Waals surface area contributed by atoms with Crippen LogP contribution in [0.5, 0.6) is 17.2 Å². The minimum atomic E-state index is -0.0349. The van der Waals surface area contributed by atoms with E-state index < -0.39 is 0 Å². The van der Waals surface area contributed by atoms with Gasteiger partial charge in [-0.1, -0.05) is 0 Å². The summed E-state index contributed by atoms with van der Waals surface area (Å²) in [6.45, 7) is 1.96. The van der Waals surface area contributed by atoms with Gasteiger partial charge in [0, 0.05) is 42.2 Å². The summed E-state index contributed by atoms with van der Waals surface area (Å²) < 4.78 is 18.2. The number of benzene rings is 2. The average molecular weight is 364 g/mol. The third kappa shape index (κ3) is 2.48. The van der Waals surface area contributed by atoms with Gasteiger partial charge in [0.05, 0.1) is 12.6 Å². The third-order valence-electron chi connectivity index (χ3n) is 5.37. The Balaban J connectivity index is 1.71. The maximum absolute atomic E-state index is 13.4. The van der Waals surface area contributed by atoms with Crippen LogP contribution in [0.3, 0.4) is 0 Å². The molecule has 0 atom stereocenters. The Bertz CT molecular complexity index is 1050. The number of fused-ring (bicyclic) bond motifs is 4. The van der Waals surface area contributed by atoms with Crippen molar-refractivity contribution in [3.8, 4) is 17.2 Å². The summed E-state index contributed by atoms with van der Waals surface area (Å²) in [7, 11) is 3.72. The van der Waals surface area contributed by atoms with E-state index in [0.29, 0.717) is 11.3 Å². The van der Waals surface area contributed by atoms with Gasteiger partial charge in [-0.2, -0.15) is 0 Å². The largest absolute Gasteiger partial charge is 0.497 e. The van der Waals surface area contributed by atoms with Gasteiger partial charge in [-0.05, 0) is 42.9 Å². The molecule has 0 saturated heterocycles. The van der Waals surface area contributed by atoms with E-state index in [1.54, 1.807) is 19.2 Å². The number of carbonyl (C=O) groups is 1. The molecule has 138 valence electrons. The van der Waals surface area contributed by atoms with E-state index in [-0.39, 0.29) is 12.7 Å². The van der Waals surface area contributed by atoms with Crippen molar-refractivity contribution in [2.75, 3.05) is 27.5 Å². The second-order valence-electron chi connectivity index (χ2n) is 7.00. The number of likely N-dealkylation sites (N-methyl/N-ethyl adjacent to an activating group) is 1. The molecule has 6 heteroatoms. The number of carbonyl (C=O) groups excluding carboxylic acids is 1. The minimum absolute atomic E-state index is 0.0349. The third-order valence-corrected chi connectivity index (χ3v) is 5.37. The molecule has 3 heterocycles. The molecule has 0 aliphatic carbocycles. The number of methoxy groups -OCH3 is 1. The van der Waals surface area contributed by atoms with Crippen molar-refractivity contribution in [3.05, 3.63) is 53.2 Å². The van der Waals surface area contributed by atoms with Crippen LogP contribution < -0.4 is 14.2 Å². The summed E-state index contributed by atoms with van der Waals surface area (Å²) in [4.78, 5) is 15.7. The highest BCUT2D eigenvalue weighted by Gasteiger charge is 2.28. The molecule has 0 spiro atoms. The van der Waals surface area contributed by atoms with E-state index in [1.807, 2.05) is 28.8 Å². The van der Waals surface area contributed by atoms with Gasteiger partial charge in [-0.15, -0.1) is 0 Å². The van der Waals surface area contributed by atoms with Crippen LogP contribution in [0.15, 0.2) is 36.4 Å². The molecular formula is C21H20N2O4. The van der Waals surface area contributed by atoms with Crippen molar-refractivity contribution < 1.29 is 19.0 Å². The van der Waals surface area contributed by atoms with Crippen LogP contribution >= 0.6 is 0 Å². The lowest BCUT2D eigenvalue weighted by molar-refractivity contribution is 0.0960. The first-order chi connectivity index (χ1) is 13.2. The molecule has 2 aromatic carbocycles. The van der Waals surface area contributed by atoms with Crippen LogP contribution in [0.25, 0.3) is 10.9 Å². The van der Waals surface area contributed by atoms with Crippen LogP contribution in [0.4, 0.5) is 0 Å². The zero-order valence-electron chi connectivity index (χ0n) is 15.3. The maximum atomic E-state index is 13.4. The molecule has 27 heavy (non-hydrogen) atoms. The fourth-order valence-corrected chi connectivity index (χ4v) is 3.97. The van der Waals surface area contributed by atoms with Gasteiger partial charge in [0.1, 0.15) is 5.75 Å². The highest BCUT2D eigenvalue weighted by molar-refractivity contribution is 6.05. The highest BCUT2D eigenvalue weighted by atomic mass is 16.7.